The molecular formula is C20H12INO. The number of ether oxygens (including phenoxy) is 1. The van der Waals surface area contributed by atoms with Crippen LogP contribution in [0.3, 0.4) is 0 Å². The molecule has 2 nitrogen and oxygen atoms in total. The molecule has 0 aliphatic heterocycles. The molecule has 3 heteroatoms. The van der Waals surface area contributed by atoms with Crippen molar-refractivity contribution in [1.29, 1.82) is 5.26 Å². The highest BCUT2D eigenvalue weighted by molar-refractivity contribution is 14.1. The first kappa shape index (κ1) is 14.3. The van der Waals surface area contributed by atoms with Crippen LogP contribution in [0.15, 0.2) is 54.6 Å². The highest BCUT2D eigenvalue weighted by Crippen LogP contribution is 2.35. The lowest BCUT2D eigenvalue weighted by atomic mass is 9.97. The van der Waals surface area contributed by atoms with Gasteiger partial charge in [-0.1, -0.05) is 24.3 Å². The fourth-order valence-electron chi connectivity index (χ4n) is 3.05. The predicted octanol–water partition coefficient (Wildman–Crippen LogP) is 5.63. The van der Waals surface area contributed by atoms with Gasteiger partial charge in [0.05, 0.1) is 16.2 Å². The molecule has 0 fully saturated rings. The van der Waals surface area contributed by atoms with Gasteiger partial charge in [0.2, 0.25) is 0 Å². The lowest BCUT2D eigenvalue weighted by Crippen LogP contribution is -1.92. The number of nitriles is 1. The number of halogens is 1. The van der Waals surface area contributed by atoms with Gasteiger partial charge in [-0.2, -0.15) is 5.26 Å². The average molecular weight is 409 g/mol. The Bertz CT molecular complexity index is 1130. The minimum atomic E-state index is 0.676. The quantitative estimate of drug-likeness (QED) is 0.302. The van der Waals surface area contributed by atoms with Gasteiger partial charge in [-0.05, 0) is 79.9 Å². The number of rotatable bonds is 1. The maximum absolute atomic E-state index is 9.57. The summed E-state index contributed by atoms with van der Waals surface area (Å²) < 4.78 is 6.28. The van der Waals surface area contributed by atoms with Crippen LogP contribution in [0.5, 0.6) is 5.75 Å². The van der Waals surface area contributed by atoms with Crippen LogP contribution in [-0.4, -0.2) is 7.11 Å². The van der Waals surface area contributed by atoms with Crippen LogP contribution in [0.1, 0.15) is 5.56 Å². The maximum Gasteiger partial charge on any atom is 0.134 e. The number of nitrogens with zero attached hydrogens (tertiary/aromatic N) is 1. The van der Waals surface area contributed by atoms with Gasteiger partial charge in [0, 0.05) is 5.39 Å². The SMILES string of the molecule is COc1cc2cc3cc4ccccc4cc3cc2c(C#N)c1I. The first-order chi connectivity index (χ1) is 11.2. The van der Waals surface area contributed by atoms with Gasteiger partial charge < -0.3 is 4.74 Å². The summed E-state index contributed by atoms with van der Waals surface area (Å²) in [5, 5.41) is 16.3. The molecule has 0 aliphatic carbocycles. The Morgan fingerprint density at radius 2 is 1.48 bits per heavy atom. The molecular weight excluding hydrogens is 397 g/mol. The molecule has 0 saturated heterocycles. The number of methoxy groups -OCH3 is 1. The second-order valence-electron chi connectivity index (χ2n) is 5.50. The van der Waals surface area contributed by atoms with Crippen molar-refractivity contribution in [3.05, 3.63) is 63.7 Å². The molecule has 0 spiro atoms. The third-order valence-electron chi connectivity index (χ3n) is 4.20. The lowest BCUT2D eigenvalue weighted by Gasteiger charge is -2.11. The summed E-state index contributed by atoms with van der Waals surface area (Å²) in [4.78, 5) is 0. The van der Waals surface area contributed by atoms with Crippen molar-refractivity contribution in [2.75, 3.05) is 7.11 Å². The molecule has 0 aromatic heterocycles. The topological polar surface area (TPSA) is 33.0 Å². The van der Waals surface area contributed by atoms with E-state index in [1.165, 1.54) is 16.2 Å². The Morgan fingerprint density at radius 1 is 0.870 bits per heavy atom. The van der Waals surface area contributed by atoms with Crippen molar-refractivity contribution >= 4 is 54.9 Å². The summed E-state index contributed by atoms with van der Waals surface area (Å²) in [6, 6.07) is 21.3. The Kier molecular flexibility index (Phi) is 3.35. The summed E-state index contributed by atoms with van der Waals surface area (Å²) >= 11 is 2.18. The van der Waals surface area contributed by atoms with Crippen molar-refractivity contribution in [2.45, 2.75) is 0 Å². The minimum Gasteiger partial charge on any atom is -0.496 e. The van der Waals surface area contributed by atoms with E-state index in [1.54, 1.807) is 7.11 Å². The molecule has 0 unspecified atom stereocenters. The van der Waals surface area contributed by atoms with Crippen LogP contribution < -0.4 is 4.74 Å². The van der Waals surface area contributed by atoms with E-state index < -0.39 is 0 Å². The summed E-state index contributed by atoms with van der Waals surface area (Å²) in [6.45, 7) is 0. The molecule has 4 rings (SSSR count). The lowest BCUT2D eigenvalue weighted by molar-refractivity contribution is 0.412. The van der Waals surface area contributed by atoms with E-state index in [2.05, 4.69) is 65.1 Å². The highest BCUT2D eigenvalue weighted by atomic mass is 127. The second kappa shape index (κ2) is 5.39. The molecule has 0 aliphatic rings. The Labute approximate surface area is 147 Å². The first-order valence-corrected chi connectivity index (χ1v) is 8.32. The van der Waals surface area contributed by atoms with E-state index in [4.69, 9.17) is 4.74 Å². The van der Waals surface area contributed by atoms with Crippen LogP contribution >= 0.6 is 22.6 Å². The first-order valence-electron chi connectivity index (χ1n) is 7.24. The fourth-order valence-corrected chi connectivity index (χ4v) is 3.84. The molecule has 0 radical (unpaired) electrons. The predicted molar refractivity (Wildman–Crippen MR) is 103 cm³/mol. The van der Waals surface area contributed by atoms with Gasteiger partial charge in [0.15, 0.2) is 0 Å². The molecule has 110 valence electrons. The van der Waals surface area contributed by atoms with E-state index in [-0.39, 0.29) is 0 Å². The van der Waals surface area contributed by atoms with E-state index in [1.807, 2.05) is 18.2 Å². The van der Waals surface area contributed by atoms with E-state index in [0.717, 1.165) is 25.5 Å². The molecule has 0 atom stereocenters. The van der Waals surface area contributed by atoms with Crippen LogP contribution in [0, 0.1) is 14.9 Å². The monoisotopic (exact) mass is 409 g/mol. The molecule has 0 N–H and O–H groups in total. The molecule has 4 aromatic carbocycles. The number of hydrogen-bond donors (Lipinski definition) is 0. The van der Waals surface area contributed by atoms with Crippen molar-refractivity contribution in [3.63, 3.8) is 0 Å². The van der Waals surface area contributed by atoms with Crippen LogP contribution in [-0.2, 0) is 0 Å². The van der Waals surface area contributed by atoms with Crippen LogP contribution in [0.2, 0.25) is 0 Å². The van der Waals surface area contributed by atoms with E-state index in [9.17, 15) is 5.26 Å². The molecule has 0 heterocycles. The second-order valence-corrected chi connectivity index (χ2v) is 6.58. The van der Waals surface area contributed by atoms with Crippen molar-refractivity contribution < 1.29 is 4.74 Å². The van der Waals surface area contributed by atoms with Gasteiger partial charge in [-0.15, -0.1) is 0 Å². The molecule has 0 amide bonds. The Balaban J connectivity index is 2.17. The summed E-state index contributed by atoms with van der Waals surface area (Å²) in [6.07, 6.45) is 0. The molecule has 4 aromatic rings. The summed E-state index contributed by atoms with van der Waals surface area (Å²) in [5.74, 6) is 0.745. The minimum absolute atomic E-state index is 0.676. The maximum atomic E-state index is 9.57. The van der Waals surface area contributed by atoms with Gasteiger partial charge in [-0.25, -0.2) is 0 Å². The smallest absolute Gasteiger partial charge is 0.134 e. The van der Waals surface area contributed by atoms with E-state index in [0.29, 0.717) is 5.56 Å². The zero-order valence-corrected chi connectivity index (χ0v) is 14.6. The molecule has 0 saturated carbocycles. The molecule has 0 bridgehead atoms. The van der Waals surface area contributed by atoms with Gasteiger partial charge in [0.1, 0.15) is 11.8 Å². The van der Waals surface area contributed by atoms with Crippen LogP contribution in [0.25, 0.3) is 32.3 Å². The summed E-state index contributed by atoms with van der Waals surface area (Å²) in [7, 11) is 1.64. The molecule has 23 heavy (non-hydrogen) atoms. The van der Waals surface area contributed by atoms with Gasteiger partial charge in [-0.3, -0.25) is 0 Å². The third kappa shape index (κ3) is 2.22. The normalized spacial score (nSPS) is 11.0. The Morgan fingerprint density at radius 3 is 2.09 bits per heavy atom. The largest absolute Gasteiger partial charge is 0.496 e. The highest BCUT2D eigenvalue weighted by Gasteiger charge is 2.13. The van der Waals surface area contributed by atoms with Crippen molar-refractivity contribution in [1.82, 2.24) is 0 Å². The summed E-state index contributed by atoms with van der Waals surface area (Å²) in [5.41, 5.74) is 0.676. The van der Waals surface area contributed by atoms with Crippen LogP contribution in [0.4, 0.5) is 0 Å². The number of hydrogen-bond acceptors (Lipinski definition) is 2. The fraction of sp³-hybridized carbons (Fsp3) is 0.0500. The Hall–Kier alpha value is -2.32. The van der Waals surface area contributed by atoms with Crippen molar-refractivity contribution in [2.24, 2.45) is 0 Å². The standard InChI is InChI=1S/C20H12INO/c1-23-19-10-16-8-14-6-12-4-2-3-5-13(12)7-15(14)9-17(16)18(11-22)20(19)21/h2-10H,1H3. The average Bonchev–Trinajstić information content (AvgIpc) is 2.58. The third-order valence-corrected chi connectivity index (χ3v) is 5.27. The van der Waals surface area contributed by atoms with Crippen molar-refractivity contribution in [3.8, 4) is 11.8 Å². The zero-order valence-electron chi connectivity index (χ0n) is 12.4. The number of fused-ring (bicyclic) bond motifs is 3. The van der Waals surface area contributed by atoms with Gasteiger partial charge in [0.25, 0.3) is 0 Å². The number of benzene rings is 4. The zero-order chi connectivity index (χ0) is 16.0. The van der Waals surface area contributed by atoms with E-state index >= 15 is 0 Å². The van der Waals surface area contributed by atoms with Gasteiger partial charge >= 0.3 is 0 Å².